The number of carbonyl (C=O) groups is 2. The lowest BCUT2D eigenvalue weighted by Gasteiger charge is -2.28. The third-order valence-corrected chi connectivity index (χ3v) is 7.18. The fourth-order valence-electron chi connectivity index (χ4n) is 5.05. The first-order valence-electron chi connectivity index (χ1n) is 12.4. The van der Waals surface area contributed by atoms with Crippen LogP contribution in [0.15, 0.2) is 12.1 Å². The Hall–Kier alpha value is -3.38. The number of hydrogen-bond donors (Lipinski definition) is 2. The van der Waals surface area contributed by atoms with Crippen LogP contribution in [0.2, 0.25) is 0 Å². The molecule has 37 heavy (non-hydrogen) atoms. The second-order valence-electron chi connectivity index (χ2n) is 9.70. The number of aryl methyl sites for hydroxylation is 1. The number of rotatable bonds is 7. The van der Waals surface area contributed by atoms with E-state index in [9.17, 15) is 27.9 Å². The number of aromatic nitrogens is 4. The standard InChI is InChI=1S/C24H31F3N6O4/c1-32(15-7-3-4-8-15)23(36)28-13-18-20(30-31-33(18)2)17-10-11-19(21(29-17)24(25,26)27)37-16-9-5-6-14(12-16)22(34)35/h10-11,14-16H,3-9,12-13H2,1-2H3,(H,28,36)(H,34,35)/t14-,16-/m0/s1. The highest BCUT2D eigenvalue weighted by molar-refractivity contribution is 5.74. The van der Waals surface area contributed by atoms with Gasteiger partial charge in [-0.1, -0.05) is 18.1 Å². The molecule has 4 rings (SSSR count). The van der Waals surface area contributed by atoms with Crippen LogP contribution < -0.4 is 10.1 Å². The highest BCUT2D eigenvalue weighted by Crippen LogP contribution is 2.38. The van der Waals surface area contributed by atoms with E-state index >= 15 is 0 Å². The summed E-state index contributed by atoms with van der Waals surface area (Å²) in [6.45, 7) is 0.00859. The van der Waals surface area contributed by atoms with Crippen molar-refractivity contribution in [1.29, 1.82) is 0 Å². The Morgan fingerprint density at radius 2 is 1.92 bits per heavy atom. The lowest BCUT2D eigenvalue weighted by molar-refractivity contribution is -0.146. The average Bonchev–Trinajstić information content (AvgIpc) is 3.52. The summed E-state index contributed by atoms with van der Waals surface area (Å²) >= 11 is 0. The molecule has 0 radical (unpaired) electrons. The number of carbonyl (C=O) groups excluding carboxylic acids is 1. The van der Waals surface area contributed by atoms with Crippen molar-refractivity contribution in [3.63, 3.8) is 0 Å². The predicted octanol–water partition coefficient (Wildman–Crippen LogP) is 4.00. The lowest BCUT2D eigenvalue weighted by atomic mass is 9.87. The first kappa shape index (κ1) is 26.7. The Balaban J connectivity index is 1.53. The molecule has 202 valence electrons. The number of hydrogen-bond acceptors (Lipinski definition) is 6. The zero-order valence-corrected chi connectivity index (χ0v) is 20.8. The summed E-state index contributed by atoms with van der Waals surface area (Å²) in [5.41, 5.74) is -0.761. The van der Waals surface area contributed by atoms with Crippen LogP contribution in [0.4, 0.5) is 18.0 Å². The number of aliphatic carboxylic acids is 1. The van der Waals surface area contributed by atoms with Crippen LogP contribution in [0, 0.1) is 5.92 Å². The molecule has 2 aliphatic rings. The Bertz CT molecular complexity index is 1130. The topological polar surface area (TPSA) is 122 Å². The number of pyridine rings is 1. The van der Waals surface area contributed by atoms with Crippen LogP contribution in [-0.2, 0) is 24.6 Å². The van der Waals surface area contributed by atoms with E-state index in [4.69, 9.17) is 4.74 Å². The summed E-state index contributed by atoms with van der Waals surface area (Å²) in [7, 11) is 3.32. The van der Waals surface area contributed by atoms with Crippen molar-refractivity contribution in [2.24, 2.45) is 13.0 Å². The highest BCUT2D eigenvalue weighted by atomic mass is 19.4. The van der Waals surface area contributed by atoms with Gasteiger partial charge in [-0.05, 0) is 50.7 Å². The summed E-state index contributed by atoms with van der Waals surface area (Å²) < 4.78 is 48.9. The Morgan fingerprint density at radius 1 is 1.19 bits per heavy atom. The molecule has 0 bridgehead atoms. The zero-order chi connectivity index (χ0) is 26.7. The fourth-order valence-corrected chi connectivity index (χ4v) is 5.05. The van der Waals surface area contributed by atoms with Crippen LogP contribution in [0.3, 0.4) is 0 Å². The van der Waals surface area contributed by atoms with Gasteiger partial charge in [0.1, 0.15) is 5.69 Å². The monoisotopic (exact) mass is 524 g/mol. The van der Waals surface area contributed by atoms with Crippen molar-refractivity contribution in [2.75, 3.05) is 7.05 Å². The van der Waals surface area contributed by atoms with Gasteiger partial charge in [0.2, 0.25) is 0 Å². The van der Waals surface area contributed by atoms with Crippen LogP contribution in [-0.4, -0.2) is 61.2 Å². The third kappa shape index (κ3) is 6.13. The molecule has 2 N–H and O–H groups in total. The summed E-state index contributed by atoms with van der Waals surface area (Å²) in [6, 6.07) is 2.43. The number of nitrogens with zero attached hydrogens (tertiary/aromatic N) is 5. The molecule has 2 saturated carbocycles. The molecule has 2 atom stereocenters. The van der Waals surface area contributed by atoms with Crippen LogP contribution >= 0.6 is 0 Å². The van der Waals surface area contributed by atoms with E-state index in [1.165, 1.54) is 16.8 Å². The van der Waals surface area contributed by atoms with Crippen LogP contribution in [0.5, 0.6) is 5.75 Å². The van der Waals surface area contributed by atoms with Crippen molar-refractivity contribution < 1.29 is 32.6 Å². The minimum atomic E-state index is -4.81. The molecule has 0 aliphatic heterocycles. The molecule has 2 aromatic heterocycles. The molecule has 0 spiro atoms. The van der Waals surface area contributed by atoms with E-state index in [0.717, 1.165) is 25.7 Å². The second kappa shape index (κ2) is 10.9. The van der Waals surface area contributed by atoms with Crippen molar-refractivity contribution in [2.45, 2.75) is 76.2 Å². The fraction of sp³-hybridized carbons (Fsp3) is 0.625. The van der Waals surface area contributed by atoms with E-state index < -0.39 is 35.6 Å². The maximum atomic E-state index is 14.0. The normalized spacial score (nSPS) is 20.6. The van der Waals surface area contributed by atoms with E-state index in [-0.39, 0.29) is 36.4 Å². The zero-order valence-electron chi connectivity index (χ0n) is 20.8. The molecule has 2 aromatic rings. The maximum Gasteiger partial charge on any atom is 0.437 e. The Labute approximate surface area is 212 Å². The van der Waals surface area contributed by atoms with Gasteiger partial charge in [-0.2, -0.15) is 13.2 Å². The molecule has 2 heterocycles. The molecule has 2 amide bonds. The third-order valence-electron chi connectivity index (χ3n) is 7.18. The lowest BCUT2D eigenvalue weighted by Crippen LogP contribution is -2.42. The van der Waals surface area contributed by atoms with Crippen molar-refractivity contribution >= 4 is 12.0 Å². The smallest absolute Gasteiger partial charge is 0.437 e. The maximum absolute atomic E-state index is 14.0. The number of amides is 2. The van der Waals surface area contributed by atoms with Crippen molar-refractivity contribution in [3.8, 4) is 17.1 Å². The van der Waals surface area contributed by atoms with Gasteiger partial charge in [-0.15, -0.1) is 5.10 Å². The molecule has 2 fully saturated rings. The summed E-state index contributed by atoms with van der Waals surface area (Å²) in [5, 5.41) is 20.0. The number of halogens is 3. The van der Waals surface area contributed by atoms with Gasteiger partial charge in [0.15, 0.2) is 11.4 Å². The summed E-state index contributed by atoms with van der Waals surface area (Å²) in [4.78, 5) is 29.4. The van der Waals surface area contributed by atoms with Crippen LogP contribution in [0.25, 0.3) is 11.4 Å². The van der Waals surface area contributed by atoms with Gasteiger partial charge in [0.25, 0.3) is 0 Å². The SMILES string of the molecule is CN(C(=O)NCc1c(-c2ccc(O[C@H]3CCC[C@H](C(=O)O)C3)c(C(F)(F)F)n2)nnn1C)C1CCCC1. The molecule has 10 nitrogen and oxygen atoms in total. The van der Waals surface area contributed by atoms with Gasteiger partial charge in [-0.3, -0.25) is 4.79 Å². The predicted molar refractivity (Wildman–Crippen MR) is 126 cm³/mol. The average molecular weight is 525 g/mol. The Kier molecular flexibility index (Phi) is 7.88. The first-order chi connectivity index (χ1) is 17.5. The number of ether oxygens (including phenoxy) is 1. The van der Waals surface area contributed by atoms with E-state index in [2.05, 4.69) is 20.6 Å². The minimum Gasteiger partial charge on any atom is -0.488 e. The molecule has 2 aliphatic carbocycles. The highest BCUT2D eigenvalue weighted by Gasteiger charge is 2.39. The quantitative estimate of drug-likeness (QED) is 0.561. The molecular weight excluding hydrogens is 493 g/mol. The van der Waals surface area contributed by atoms with Crippen molar-refractivity contribution in [1.82, 2.24) is 30.2 Å². The number of carboxylic acid groups (broad SMARTS) is 1. The number of alkyl halides is 3. The summed E-state index contributed by atoms with van der Waals surface area (Å²) in [5.74, 6) is -2.08. The second-order valence-corrected chi connectivity index (χ2v) is 9.70. The van der Waals surface area contributed by atoms with Crippen molar-refractivity contribution in [3.05, 3.63) is 23.5 Å². The number of nitrogens with one attached hydrogen (secondary N) is 1. The largest absolute Gasteiger partial charge is 0.488 e. The number of urea groups is 1. The molecule has 13 heteroatoms. The Morgan fingerprint density at radius 3 is 2.59 bits per heavy atom. The van der Waals surface area contributed by atoms with Gasteiger partial charge in [0, 0.05) is 20.1 Å². The van der Waals surface area contributed by atoms with Crippen LogP contribution in [0.1, 0.15) is 62.8 Å². The first-order valence-corrected chi connectivity index (χ1v) is 12.4. The molecule has 0 saturated heterocycles. The molecule has 0 unspecified atom stereocenters. The van der Waals surface area contributed by atoms with Gasteiger partial charge in [-0.25, -0.2) is 14.5 Å². The van der Waals surface area contributed by atoms with E-state index in [1.807, 2.05) is 0 Å². The molecule has 0 aromatic carbocycles. The van der Waals surface area contributed by atoms with E-state index in [0.29, 0.717) is 25.0 Å². The number of carboxylic acids is 1. The van der Waals surface area contributed by atoms with Gasteiger partial charge < -0.3 is 20.1 Å². The van der Waals surface area contributed by atoms with E-state index in [1.54, 1.807) is 19.0 Å². The van der Waals surface area contributed by atoms with Gasteiger partial charge >= 0.3 is 18.2 Å². The minimum absolute atomic E-state index is 0.00859. The van der Waals surface area contributed by atoms with Gasteiger partial charge in [0.05, 0.1) is 30.0 Å². The molecular formula is C24H31F3N6O4. The summed E-state index contributed by atoms with van der Waals surface area (Å²) in [6.07, 6.45) is 0.203.